The first-order valence-corrected chi connectivity index (χ1v) is 4.86. The van der Waals surface area contributed by atoms with E-state index in [1.54, 1.807) is 6.07 Å². The zero-order chi connectivity index (χ0) is 11.4. The Hall–Kier alpha value is -1.59. The lowest BCUT2D eigenvalue weighted by atomic mass is 9.99. The third-order valence-electron chi connectivity index (χ3n) is 2.47. The van der Waals surface area contributed by atoms with Gasteiger partial charge in [-0.15, -0.1) is 12.3 Å². The summed E-state index contributed by atoms with van der Waals surface area (Å²) >= 11 is 0. The molecular formula is C13H15NO. The van der Waals surface area contributed by atoms with Crippen LogP contribution in [0.1, 0.15) is 27.9 Å². The molecule has 0 radical (unpaired) electrons. The van der Waals surface area contributed by atoms with Gasteiger partial charge in [0, 0.05) is 12.0 Å². The predicted octanol–water partition coefficient (Wildman–Crippen LogP) is 1.84. The number of terminal acetylenes is 1. The zero-order valence-electron chi connectivity index (χ0n) is 9.08. The predicted molar refractivity (Wildman–Crippen MR) is 61.7 cm³/mol. The van der Waals surface area contributed by atoms with Crippen LogP contribution in [0.4, 0.5) is 0 Å². The van der Waals surface area contributed by atoms with E-state index in [0.29, 0.717) is 5.56 Å². The fourth-order valence-electron chi connectivity index (χ4n) is 1.33. The second-order valence-electron chi connectivity index (χ2n) is 3.68. The van der Waals surface area contributed by atoms with Gasteiger partial charge in [0.05, 0.1) is 6.04 Å². The van der Waals surface area contributed by atoms with Gasteiger partial charge in [0.1, 0.15) is 0 Å². The van der Waals surface area contributed by atoms with Crippen molar-refractivity contribution < 1.29 is 4.79 Å². The van der Waals surface area contributed by atoms with Crippen LogP contribution in [0, 0.1) is 26.2 Å². The number of hydrogen-bond donors (Lipinski definition) is 1. The summed E-state index contributed by atoms with van der Waals surface area (Å²) in [4.78, 5) is 11.8. The fourth-order valence-corrected chi connectivity index (χ4v) is 1.33. The molecule has 78 valence electrons. The van der Waals surface area contributed by atoms with Crippen molar-refractivity contribution in [1.29, 1.82) is 0 Å². The van der Waals surface area contributed by atoms with Gasteiger partial charge in [-0.25, -0.2) is 0 Å². The summed E-state index contributed by atoms with van der Waals surface area (Å²) in [6.07, 6.45) is 5.40. The lowest BCUT2D eigenvalue weighted by molar-refractivity contribution is 0.0963. The number of Topliss-reactive ketones (excluding diaryl/α,β-unsaturated/α-hetero) is 1. The van der Waals surface area contributed by atoms with Crippen LogP contribution in [-0.4, -0.2) is 11.8 Å². The van der Waals surface area contributed by atoms with Crippen LogP contribution >= 0.6 is 0 Å². The summed E-state index contributed by atoms with van der Waals surface area (Å²) in [6.45, 7) is 3.98. The Bertz CT molecular complexity index is 415. The van der Waals surface area contributed by atoms with Crippen molar-refractivity contribution >= 4 is 5.78 Å². The van der Waals surface area contributed by atoms with Gasteiger partial charge in [0.2, 0.25) is 0 Å². The van der Waals surface area contributed by atoms with Gasteiger partial charge < -0.3 is 5.73 Å². The average molecular weight is 201 g/mol. The van der Waals surface area contributed by atoms with E-state index in [9.17, 15) is 4.79 Å². The molecule has 1 rings (SSSR count). The molecule has 0 aliphatic heterocycles. The zero-order valence-corrected chi connectivity index (χ0v) is 9.08. The lowest BCUT2D eigenvalue weighted by Gasteiger charge is -2.08. The molecule has 0 aliphatic carbocycles. The van der Waals surface area contributed by atoms with E-state index >= 15 is 0 Å². The van der Waals surface area contributed by atoms with E-state index < -0.39 is 6.04 Å². The molecule has 0 bridgehead atoms. The van der Waals surface area contributed by atoms with Crippen molar-refractivity contribution in [2.75, 3.05) is 0 Å². The number of carbonyl (C=O) groups is 1. The Labute approximate surface area is 90.5 Å². The minimum Gasteiger partial charge on any atom is -0.320 e. The highest BCUT2D eigenvalue weighted by Crippen LogP contribution is 2.11. The molecule has 15 heavy (non-hydrogen) atoms. The van der Waals surface area contributed by atoms with Crippen LogP contribution in [0.25, 0.3) is 0 Å². The summed E-state index contributed by atoms with van der Waals surface area (Å²) in [5, 5.41) is 0. The molecule has 0 fully saturated rings. The monoisotopic (exact) mass is 201 g/mol. The quantitative estimate of drug-likeness (QED) is 0.599. The number of rotatable bonds is 3. The molecule has 2 heteroatoms. The highest BCUT2D eigenvalue weighted by molar-refractivity contribution is 6.00. The summed E-state index contributed by atoms with van der Waals surface area (Å²) < 4.78 is 0. The van der Waals surface area contributed by atoms with Crippen LogP contribution < -0.4 is 5.73 Å². The second-order valence-corrected chi connectivity index (χ2v) is 3.68. The lowest BCUT2D eigenvalue weighted by Crippen LogP contribution is -2.30. The van der Waals surface area contributed by atoms with Crippen LogP contribution in [0.3, 0.4) is 0 Å². The third kappa shape index (κ3) is 2.68. The van der Waals surface area contributed by atoms with Crippen molar-refractivity contribution in [3.05, 3.63) is 34.9 Å². The maximum absolute atomic E-state index is 11.8. The van der Waals surface area contributed by atoms with E-state index in [0.717, 1.165) is 11.1 Å². The summed E-state index contributed by atoms with van der Waals surface area (Å²) in [6, 6.07) is 4.98. The Morgan fingerprint density at radius 1 is 1.47 bits per heavy atom. The van der Waals surface area contributed by atoms with E-state index in [-0.39, 0.29) is 12.2 Å². The van der Waals surface area contributed by atoms with Crippen LogP contribution in [0.5, 0.6) is 0 Å². The number of hydrogen-bond acceptors (Lipinski definition) is 2. The topological polar surface area (TPSA) is 43.1 Å². The first kappa shape index (κ1) is 11.5. The highest BCUT2D eigenvalue weighted by atomic mass is 16.1. The van der Waals surface area contributed by atoms with E-state index in [1.807, 2.05) is 26.0 Å². The maximum Gasteiger partial charge on any atom is 0.180 e. The Morgan fingerprint density at radius 2 is 2.13 bits per heavy atom. The molecule has 1 aromatic carbocycles. The molecule has 1 atom stereocenters. The molecular weight excluding hydrogens is 186 g/mol. The van der Waals surface area contributed by atoms with Crippen LogP contribution in [0.15, 0.2) is 18.2 Å². The summed E-state index contributed by atoms with van der Waals surface area (Å²) in [5.41, 5.74) is 8.55. The number of carbonyl (C=O) groups excluding carboxylic acids is 1. The van der Waals surface area contributed by atoms with Crippen molar-refractivity contribution in [1.82, 2.24) is 0 Å². The molecule has 2 nitrogen and oxygen atoms in total. The van der Waals surface area contributed by atoms with Gasteiger partial charge in [-0.3, -0.25) is 4.79 Å². The fraction of sp³-hybridized carbons (Fsp3) is 0.308. The van der Waals surface area contributed by atoms with Gasteiger partial charge in [-0.05, 0) is 31.0 Å². The van der Waals surface area contributed by atoms with Gasteiger partial charge >= 0.3 is 0 Å². The molecule has 0 heterocycles. The van der Waals surface area contributed by atoms with E-state index in [2.05, 4.69) is 5.92 Å². The molecule has 0 amide bonds. The van der Waals surface area contributed by atoms with Crippen molar-refractivity contribution in [2.45, 2.75) is 26.3 Å². The minimum absolute atomic E-state index is 0.0870. The van der Waals surface area contributed by atoms with Crippen LogP contribution in [-0.2, 0) is 0 Å². The maximum atomic E-state index is 11.8. The molecule has 0 saturated carbocycles. The van der Waals surface area contributed by atoms with Gasteiger partial charge in [-0.2, -0.15) is 0 Å². The molecule has 0 saturated heterocycles. The van der Waals surface area contributed by atoms with Gasteiger partial charge in [0.25, 0.3) is 0 Å². The third-order valence-corrected chi connectivity index (χ3v) is 2.47. The first-order chi connectivity index (χ1) is 7.06. The first-order valence-electron chi connectivity index (χ1n) is 4.86. The molecule has 2 N–H and O–H groups in total. The largest absolute Gasteiger partial charge is 0.320 e. The molecule has 1 unspecified atom stereocenters. The molecule has 1 aromatic rings. The number of nitrogens with two attached hydrogens (primary N) is 1. The highest BCUT2D eigenvalue weighted by Gasteiger charge is 2.14. The summed E-state index contributed by atoms with van der Waals surface area (Å²) in [5.74, 6) is 2.31. The van der Waals surface area contributed by atoms with Gasteiger partial charge in [0.15, 0.2) is 5.78 Å². The standard InChI is InChI=1S/C13H15NO/c1-4-5-12(14)13(15)11-7-6-9(2)10(3)8-11/h1,6-8,12H,5,14H2,2-3H3. The molecule has 0 aromatic heterocycles. The van der Waals surface area contributed by atoms with Crippen molar-refractivity contribution in [2.24, 2.45) is 5.73 Å². The number of aryl methyl sites for hydroxylation is 2. The smallest absolute Gasteiger partial charge is 0.180 e. The Kier molecular flexibility index (Phi) is 3.65. The second kappa shape index (κ2) is 4.77. The normalized spacial score (nSPS) is 11.9. The average Bonchev–Trinajstić information content (AvgIpc) is 2.21. The van der Waals surface area contributed by atoms with Crippen molar-refractivity contribution in [3.8, 4) is 12.3 Å². The van der Waals surface area contributed by atoms with E-state index in [4.69, 9.17) is 12.2 Å². The SMILES string of the molecule is C#CCC(N)C(=O)c1ccc(C)c(C)c1. The Balaban J connectivity index is 2.93. The molecule has 0 aliphatic rings. The minimum atomic E-state index is -0.586. The Morgan fingerprint density at radius 3 is 2.67 bits per heavy atom. The van der Waals surface area contributed by atoms with Crippen LogP contribution in [0.2, 0.25) is 0 Å². The van der Waals surface area contributed by atoms with Gasteiger partial charge in [-0.1, -0.05) is 12.1 Å². The molecule has 0 spiro atoms. The number of benzene rings is 1. The van der Waals surface area contributed by atoms with Crippen molar-refractivity contribution in [3.63, 3.8) is 0 Å². The summed E-state index contributed by atoms with van der Waals surface area (Å²) in [7, 11) is 0. The van der Waals surface area contributed by atoms with E-state index in [1.165, 1.54) is 0 Å². The number of ketones is 1.